The van der Waals surface area contributed by atoms with Crippen molar-refractivity contribution in [3.8, 4) is 0 Å². The van der Waals surface area contributed by atoms with Crippen molar-refractivity contribution in [3.63, 3.8) is 0 Å². The first kappa shape index (κ1) is 14.4. The fourth-order valence-corrected chi connectivity index (χ4v) is 3.65. The minimum Gasteiger partial charge on any atom is -0.372 e. The molecule has 1 fully saturated rings. The summed E-state index contributed by atoms with van der Waals surface area (Å²) in [4.78, 5) is 23.2. The number of likely N-dealkylation sites (tertiary alicyclic amines) is 1. The van der Waals surface area contributed by atoms with Crippen molar-refractivity contribution in [2.75, 3.05) is 26.3 Å². The highest BCUT2D eigenvalue weighted by Gasteiger charge is 2.44. The van der Waals surface area contributed by atoms with Crippen molar-refractivity contribution in [2.45, 2.75) is 44.9 Å². The van der Waals surface area contributed by atoms with E-state index in [9.17, 15) is 4.79 Å². The number of amides is 1. The number of rotatable bonds is 3. The summed E-state index contributed by atoms with van der Waals surface area (Å²) >= 11 is 0. The zero-order valence-electron chi connectivity index (χ0n) is 12.9. The minimum absolute atomic E-state index is 0.0448. The van der Waals surface area contributed by atoms with E-state index in [1.54, 1.807) is 0 Å². The maximum atomic E-state index is 12.2. The van der Waals surface area contributed by atoms with Crippen LogP contribution in [0.15, 0.2) is 6.20 Å². The van der Waals surface area contributed by atoms with Gasteiger partial charge >= 0.3 is 0 Å². The van der Waals surface area contributed by atoms with E-state index in [0.29, 0.717) is 6.61 Å². The van der Waals surface area contributed by atoms with E-state index in [1.807, 2.05) is 24.9 Å². The number of hydrogen-bond donors (Lipinski definition) is 0. The van der Waals surface area contributed by atoms with Crippen molar-refractivity contribution in [1.82, 2.24) is 14.9 Å². The van der Waals surface area contributed by atoms with Gasteiger partial charge in [-0.15, -0.1) is 0 Å². The van der Waals surface area contributed by atoms with Gasteiger partial charge in [-0.1, -0.05) is 0 Å². The quantitative estimate of drug-likeness (QED) is 0.848. The maximum Gasteiger partial charge on any atom is 0.248 e. The molecule has 1 spiro atoms. The minimum atomic E-state index is 0.0448. The largest absolute Gasteiger partial charge is 0.372 e. The molecular formula is C16H23N3O2. The van der Waals surface area contributed by atoms with Crippen LogP contribution in [0.25, 0.3) is 0 Å². The van der Waals surface area contributed by atoms with Gasteiger partial charge in [-0.2, -0.15) is 0 Å². The SMILES string of the molecule is CCOCC(=O)N1CCCC2(CCc3cnc(C)nc32)C1. The Morgan fingerprint density at radius 2 is 2.33 bits per heavy atom. The average molecular weight is 289 g/mol. The summed E-state index contributed by atoms with van der Waals surface area (Å²) in [5.41, 5.74) is 2.49. The third-order valence-electron chi connectivity index (χ3n) is 4.72. The third kappa shape index (κ3) is 2.67. The van der Waals surface area contributed by atoms with Gasteiger partial charge in [0.2, 0.25) is 5.91 Å². The van der Waals surface area contributed by atoms with Crippen LogP contribution in [0.1, 0.15) is 43.3 Å². The monoisotopic (exact) mass is 289 g/mol. The van der Waals surface area contributed by atoms with E-state index in [4.69, 9.17) is 9.72 Å². The first-order valence-corrected chi connectivity index (χ1v) is 7.83. The lowest BCUT2D eigenvalue weighted by Crippen LogP contribution is -2.49. The molecule has 3 rings (SSSR count). The summed E-state index contributed by atoms with van der Waals surface area (Å²) in [6.45, 7) is 6.25. The Kier molecular flexibility index (Phi) is 3.93. The summed E-state index contributed by atoms with van der Waals surface area (Å²) in [7, 11) is 0. The lowest BCUT2D eigenvalue weighted by atomic mass is 9.77. The number of fused-ring (bicyclic) bond motifs is 2. The Balaban J connectivity index is 1.81. The van der Waals surface area contributed by atoms with Crippen LogP contribution in [0, 0.1) is 6.92 Å². The van der Waals surface area contributed by atoms with Gasteiger partial charge in [-0.3, -0.25) is 4.79 Å². The molecule has 0 saturated carbocycles. The molecule has 5 nitrogen and oxygen atoms in total. The molecular weight excluding hydrogens is 266 g/mol. The Hall–Kier alpha value is -1.49. The fraction of sp³-hybridized carbons (Fsp3) is 0.688. The lowest BCUT2D eigenvalue weighted by Gasteiger charge is -2.40. The number of piperidine rings is 1. The van der Waals surface area contributed by atoms with E-state index in [1.165, 1.54) is 11.3 Å². The van der Waals surface area contributed by atoms with Crippen LogP contribution in [0.4, 0.5) is 0 Å². The van der Waals surface area contributed by atoms with Crippen LogP contribution in [-0.4, -0.2) is 47.1 Å². The van der Waals surface area contributed by atoms with Gasteiger partial charge < -0.3 is 9.64 Å². The molecule has 2 heterocycles. The highest BCUT2D eigenvalue weighted by Crippen LogP contribution is 2.43. The van der Waals surface area contributed by atoms with Crippen molar-refractivity contribution in [3.05, 3.63) is 23.3 Å². The zero-order chi connectivity index (χ0) is 14.9. The van der Waals surface area contributed by atoms with Gasteiger partial charge in [0.1, 0.15) is 12.4 Å². The molecule has 114 valence electrons. The summed E-state index contributed by atoms with van der Waals surface area (Å²) in [5.74, 6) is 0.933. The molecule has 1 saturated heterocycles. The van der Waals surface area contributed by atoms with Crippen molar-refractivity contribution in [1.29, 1.82) is 0 Å². The predicted octanol–water partition coefficient (Wildman–Crippen LogP) is 1.63. The molecule has 0 aromatic carbocycles. The predicted molar refractivity (Wildman–Crippen MR) is 79.1 cm³/mol. The van der Waals surface area contributed by atoms with Crippen LogP contribution in [0.5, 0.6) is 0 Å². The number of ether oxygens (including phenoxy) is 1. The molecule has 21 heavy (non-hydrogen) atoms. The number of carbonyl (C=O) groups excluding carboxylic acids is 1. The van der Waals surface area contributed by atoms with Crippen LogP contribution in [0.2, 0.25) is 0 Å². The van der Waals surface area contributed by atoms with Crippen molar-refractivity contribution < 1.29 is 9.53 Å². The molecule has 0 N–H and O–H groups in total. The molecule has 2 aliphatic rings. The van der Waals surface area contributed by atoms with E-state index in [2.05, 4.69) is 4.98 Å². The third-order valence-corrected chi connectivity index (χ3v) is 4.72. The Morgan fingerprint density at radius 3 is 3.14 bits per heavy atom. The Labute approximate surface area is 125 Å². The first-order valence-electron chi connectivity index (χ1n) is 7.83. The number of nitrogens with zero attached hydrogens (tertiary/aromatic N) is 3. The van der Waals surface area contributed by atoms with Gasteiger partial charge in [0.25, 0.3) is 0 Å². The normalized spacial score (nSPS) is 24.4. The van der Waals surface area contributed by atoms with Gasteiger partial charge in [0.05, 0.1) is 5.69 Å². The topological polar surface area (TPSA) is 55.3 Å². The fourth-order valence-electron chi connectivity index (χ4n) is 3.65. The first-order chi connectivity index (χ1) is 10.1. The molecule has 1 aliphatic heterocycles. The Morgan fingerprint density at radius 1 is 1.48 bits per heavy atom. The van der Waals surface area contributed by atoms with Gasteiger partial charge in [0.15, 0.2) is 0 Å². The summed E-state index contributed by atoms with van der Waals surface area (Å²) < 4.78 is 5.27. The van der Waals surface area contributed by atoms with Gasteiger partial charge in [-0.05, 0) is 45.1 Å². The number of aromatic nitrogens is 2. The average Bonchev–Trinajstić information content (AvgIpc) is 2.83. The van der Waals surface area contributed by atoms with E-state index >= 15 is 0 Å². The zero-order valence-corrected chi connectivity index (χ0v) is 12.9. The molecule has 1 atom stereocenters. The van der Waals surface area contributed by atoms with E-state index < -0.39 is 0 Å². The molecule has 0 radical (unpaired) electrons. The number of carbonyl (C=O) groups is 1. The Bertz CT molecular complexity index is 542. The van der Waals surface area contributed by atoms with E-state index in [0.717, 1.165) is 44.6 Å². The second kappa shape index (κ2) is 5.72. The number of aryl methyl sites for hydroxylation is 2. The summed E-state index contributed by atoms with van der Waals surface area (Å²) in [6, 6.07) is 0. The lowest BCUT2D eigenvalue weighted by molar-refractivity contribution is -0.138. The van der Waals surface area contributed by atoms with E-state index in [-0.39, 0.29) is 17.9 Å². The number of hydrogen-bond acceptors (Lipinski definition) is 4. The maximum absolute atomic E-state index is 12.2. The van der Waals surface area contributed by atoms with Crippen LogP contribution < -0.4 is 0 Å². The summed E-state index contributed by atoms with van der Waals surface area (Å²) in [6.07, 6.45) is 6.24. The summed E-state index contributed by atoms with van der Waals surface area (Å²) in [5, 5.41) is 0. The second-order valence-corrected chi connectivity index (χ2v) is 6.13. The standard InChI is InChI=1S/C16H23N3O2/c1-3-21-10-14(20)19-8-4-6-16(11-19)7-5-13-9-17-12(2)18-15(13)16/h9H,3-8,10-11H2,1-2H3. The molecule has 1 aromatic rings. The van der Waals surface area contributed by atoms with Crippen LogP contribution in [-0.2, 0) is 21.4 Å². The van der Waals surface area contributed by atoms with Crippen LogP contribution in [0.3, 0.4) is 0 Å². The van der Waals surface area contributed by atoms with Gasteiger partial charge in [-0.25, -0.2) is 9.97 Å². The highest BCUT2D eigenvalue weighted by atomic mass is 16.5. The molecule has 1 unspecified atom stereocenters. The second-order valence-electron chi connectivity index (χ2n) is 6.13. The highest BCUT2D eigenvalue weighted by molar-refractivity contribution is 5.77. The molecule has 0 bridgehead atoms. The molecule has 1 aromatic heterocycles. The van der Waals surface area contributed by atoms with Crippen LogP contribution >= 0.6 is 0 Å². The van der Waals surface area contributed by atoms with Gasteiger partial charge in [0, 0.05) is 31.3 Å². The van der Waals surface area contributed by atoms with Crippen molar-refractivity contribution >= 4 is 5.91 Å². The molecule has 1 aliphatic carbocycles. The smallest absolute Gasteiger partial charge is 0.248 e. The molecule has 1 amide bonds. The molecule has 5 heteroatoms. The van der Waals surface area contributed by atoms with Crippen molar-refractivity contribution in [2.24, 2.45) is 0 Å².